The molecule has 4 nitrogen and oxygen atoms in total. The van der Waals surface area contributed by atoms with Gasteiger partial charge in [0.05, 0.1) is 11.3 Å². The predicted octanol–water partition coefficient (Wildman–Crippen LogP) is 1.78. The van der Waals surface area contributed by atoms with Crippen molar-refractivity contribution in [3.8, 4) is 6.07 Å². The van der Waals surface area contributed by atoms with Crippen LogP contribution >= 0.6 is 11.8 Å². The second-order valence-corrected chi connectivity index (χ2v) is 4.13. The van der Waals surface area contributed by atoms with Crippen molar-refractivity contribution in [2.24, 2.45) is 0 Å². The number of allylic oxidation sites excluding steroid dienone is 1. The van der Waals surface area contributed by atoms with E-state index in [0.29, 0.717) is 6.54 Å². The molecule has 1 atom stereocenters. The van der Waals surface area contributed by atoms with Crippen LogP contribution in [0.15, 0.2) is 17.8 Å². The van der Waals surface area contributed by atoms with Gasteiger partial charge in [-0.25, -0.2) is 0 Å². The molecule has 0 aliphatic rings. The van der Waals surface area contributed by atoms with Crippen molar-refractivity contribution < 1.29 is 0 Å². The molecule has 0 aliphatic heterocycles. The molecule has 1 rings (SSSR count). The van der Waals surface area contributed by atoms with E-state index < -0.39 is 0 Å². The fraction of sp³-hybridized carbons (Fsp3) is 0.444. The third kappa shape index (κ3) is 2.36. The van der Waals surface area contributed by atoms with Gasteiger partial charge in [0.2, 0.25) is 0 Å². The highest BCUT2D eigenvalue weighted by atomic mass is 32.2. The second-order valence-electron chi connectivity index (χ2n) is 2.82. The minimum Gasteiger partial charge on any atom is -0.302 e. The summed E-state index contributed by atoms with van der Waals surface area (Å²) in [6.07, 6.45) is 1.79. The lowest BCUT2D eigenvalue weighted by Gasteiger charge is -2.05. The normalized spacial score (nSPS) is 12.1. The molecule has 0 spiro atoms. The summed E-state index contributed by atoms with van der Waals surface area (Å²) in [5.74, 6) is 0.845. The Labute approximate surface area is 87.6 Å². The highest BCUT2D eigenvalue weighted by Crippen LogP contribution is 2.21. The zero-order chi connectivity index (χ0) is 10.6. The van der Waals surface area contributed by atoms with E-state index in [1.807, 2.05) is 18.4 Å². The molecule has 1 unspecified atom stereocenters. The molecule has 5 heteroatoms. The Morgan fingerprint density at radius 1 is 1.71 bits per heavy atom. The van der Waals surface area contributed by atoms with Gasteiger partial charge in [0.25, 0.3) is 0 Å². The Balaban J connectivity index is 2.86. The second kappa shape index (κ2) is 4.82. The number of aryl methyl sites for hydroxylation is 1. The van der Waals surface area contributed by atoms with Crippen LogP contribution in [0, 0.1) is 18.3 Å². The standard InChI is InChI=1S/C9H12N4S/c1-4-5-13-8(3)11-12-9(13)14-7(2)6-10/h4,7H,1,5H2,2-3H3. The number of nitrogens with zero attached hydrogens (tertiary/aromatic N) is 4. The molecule has 1 heterocycles. The number of aromatic nitrogens is 3. The number of thioether (sulfide) groups is 1. The van der Waals surface area contributed by atoms with Crippen LogP contribution in [-0.2, 0) is 6.54 Å². The number of hydrogen-bond acceptors (Lipinski definition) is 4. The maximum Gasteiger partial charge on any atom is 0.192 e. The summed E-state index contributed by atoms with van der Waals surface area (Å²) in [6, 6.07) is 2.15. The van der Waals surface area contributed by atoms with E-state index >= 15 is 0 Å². The fourth-order valence-electron chi connectivity index (χ4n) is 0.972. The zero-order valence-electron chi connectivity index (χ0n) is 8.27. The van der Waals surface area contributed by atoms with E-state index in [-0.39, 0.29) is 5.25 Å². The summed E-state index contributed by atoms with van der Waals surface area (Å²) < 4.78 is 1.94. The highest BCUT2D eigenvalue weighted by Gasteiger charge is 2.11. The summed E-state index contributed by atoms with van der Waals surface area (Å²) in [6.45, 7) is 8.07. The summed E-state index contributed by atoms with van der Waals surface area (Å²) in [5.41, 5.74) is 0. The lowest BCUT2D eigenvalue weighted by atomic mass is 10.5. The molecule has 0 N–H and O–H groups in total. The third-order valence-corrected chi connectivity index (χ3v) is 2.65. The van der Waals surface area contributed by atoms with Gasteiger partial charge in [-0.2, -0.15) is 5.26 Å². The van der Waals surface area contributed by atoms with Crippen molar-refractivity contribution in [3.63, 3.8) is 0 Å². The first kappa shape index (κ1) is 10.8. The van der Waals surface area contributed by atoms with E-state index in [9.17, 15) is 0 Å². The van der Waals surface area contributed by atoms with E-state index in [4.69, 9.17) is 5.26 Å². The Bertz CT molecular complexity index is 363. The molecule has 0 fully saturated rings. The van der Waals surface area contributed by atoms with E-state index in [1.54, 1.807) is 6.08 Å². The monoisotopic (exact) mass is 208 g/mol. The van der Waals surface area contributed by atoms with Crippen molar-refractivity contribution in [1.82, 2.24) is 14.8 Å². The molecular weight excluding hydrogens is 196 g/mol. The predicted molar refractivity (Wildman–Crippen MR) is 55.9 cm³/mol. The SMILES string of the molecule is C=CCn1c(C)nnc1SC(C)C#N. The minimum atomic E-state index is -0.109. The number of hydrogen-bond donors (Lipinski definition) is 0. The van der Waals surface area contributed by atoms with E-state index in [2.05, 4.69) is 22.8 Å². The quantitative estimate of drug-likeness (QED) is 0.559. The van der Waals surface area contributed by atoms with Crippen LogP contribution in [0.5, 0.6) is 0 Å². The molecule has 14 heavy (non-hydrogen) atoms. The molecule has 0 saturated heterocycles. The van der Waals surface area contributed by atoms with Crippen LogP contribution in [0.1, 0.15) is 12.7 Å². The first-order valence-electron chi connectivity index (χ1n) is 4.26. The topological polar surface area (TPSA) is 54.5 Å². The van der Waals surface area contributed by atoms with E-state index in [1.165, 1.54) is 11.8 Å². The van der Waals surface area contributed by atoms with Gasteiger partial charge in [-0.1, -0.05) is 17.8 Å². The zero-order valence-corrected chi connectivity index (χ0v) is 9.08. The summed E-state index contributed by atoms with van der Waals surface area (Å²) >= 11 is 1.41. The van der Waals surface area contributed by atoms with Gasteiger partial charge in [0, 0.05) is 6.54 Å². The van der Waals surface area contributed by atoms with Crippen molar-refractivity contribution in [1.29, 1.82) is 5.26 Å². The molecule has 0 bridgehead atoms. The average Bonchev–Trinajstić information content (AvgIpc) is 2.50. The highest BCUT2D eigenvalue weighted by molar-refractivity contribution is 8.00. The van der Waals surface area contributed by atoms with Crippen LogP contribution in [0.3, 0.4) is 0 Å². The van der Waals surface area contributed by atoms with Gasteiger partial charge in [-0.3, -0.25) is 0 Å². The third-order valence-electron chi connectivity index (χ3n) is 1.68. The van der Waals surface area contributed by atoms with Crippen molar-refractivity contribution in [2.75, 3.05) is 0 Å². The molecule has 0 aliphatic carbocycles. The molecular formula is C9H12N4S. The van der Waals surface area contributed by atoms with E-state index in [0.717, 1.165) is 11.0 Å². The molecule has 74 valence electrons. The molecule has 0 aromatic carbocycles. The summed E-state index contributed by atoms with van der Waals surface area (Å²) in [4.78, 5) is 0. The van der Waals surface area contributed by atoms with Gasteiger partial charge in [-0.15, -0.1) is 16.8 Å². The van der Waals surface area contributed by atoms with Crippen molar-refractivity contribution in [3.05, 3.63) is 18.5 Å². The van der Waals surface area contributed by atoms with Gasteiger partial charge in [0.1, 0.15) is 5.82 Å². The Morgan fingerprint density at radius 3 is 3.00 bits per heavy atom. The average molecular weight is 208 g/mol. The van der Waals surface area contributed by atoms with Crippen LogP contribution < -0.4 is 0 Å². The Morgan fingerprint density at radius 2 is 2.43 bits per heavy atom. The fourth-order valence-corrected chi connectivity index (χ4v) is 1.76. The first-order valence-corrected chi connectivity index (χ1v) is 5.14. The maximum absolute atomic E-state index is 8.68. The molecule has 0 saturated carbocycles. The van der Waals surface area contributed by atoms with Gasteiger partial charge >= 0.3 is 0 Å². The summed E-state index contributed by atoms with van der Waals surface area (Å²) in [5, 5.41) is 17.3. The van der Waals surface area contributed by atoms with Gasteiger partial charge in [0.15, 0.2) is 5.16 Å². The van der Waals surface area contributed by atoms with Gasteiger partial charge < -0.3 is 4.57 Å². The Hall–Kier alpha value is -1.28. The smallest absolute Gasteiger partial charge is 0.192 e. The van der Waals surface area contributed by atoms with Crippen LogP contribution in [0.2, 0.25) is 0 Å². The van der Waals surface area contributed by atoms with Crippen molar-refractivity contribution in [2.45, 2.75) is 30.8 Å². The summed E-state index contributed by atoms with van der Waals surface area (Å²) in [7, 11) is 0. The molecule has 0 radical (unpaired) electrons. The Kier molecular flexibility index (Phi) is 3.72. The van der Waals surface area contributed by atoms with Crippen LogP contribution in [0.25, 0.3) is 0 Å². The first-order chi connectivity index (χ1) is 6.69. The molecule has 0 amide bonds. The largest absolute Gasteiger partial charge is 0.302 e. The molecule has 1 aromatic heterocycles. The minimum absolute atomic E-state index is 0.109. The lowest BCUT2D eigenvalue weighted by Crippen LogP contribution is -2.02. The lowest BCUT2D eigenvalue weighted by molar-refractivity contribution is 0.703. The molecule has 1 aromatic rings. The van der Waals surface area contributed by atoms with Crippen LogP contribution in [-0.4, -0.2) is 20.0 Å². The number of rotatable bonds is 4. The van der Waals surface area contributed by atoms with Crippen LogP contribution in [0.4, 0.5) is 0 Å². The maximum atomic E-state index is 8.68. The van der Waals surface area contributed by atoms with Gasteiger partial charge in [-0.05, 0) is 13.8 Å². The van der Waals surface area contributed by atoms with Crippen molar-refractivity contribution >= 4 is 11.8 Å². The number of nitriles is 1.